The van der Waals surface area contributed by atoms with Crippen molar-refractivity contribution >= 4 is 5.91 Å². The van der Waals surface area contributed by atoms with Crippen molar-refractivity contribution in [1.82, 2.24) is 5.32 Å². The van der Waals surface area contributed by atoms with Crippen LogP contribution in [0, 0.1) is 0 Å². The first-order valence-electron chi connectivity index (χ1n) is 25.6. The molecule has 0 aliphatic carbocycles. The van der Waals surface area contributed by atoms with Gasteiger partial charge in [0.1, 0.15) is 24.4 Å². The predicted molar refractivity (Wildman–Crippen MR) is 280 cm³/mol. The van der Waals surface area contributed by atoms with Gasteiger partial charge >= 0.3 is 0 Å². The van der Waals surface area contributed by atoms with E-state index in [1.807, 2.05) is 6.08 Å². The van der Waals surface area contributed by atoms with E-state index in [1.165, 1.54) is 0 Å². The second-order valence-corrected chi connectivity index (χ2v) is 16.9. The van der Waals surface area contributed by atoms with E-state index in [1.54, 1.807) is 6.08 Å². The number of unbranched alkanes of at least 4 members (excludes halogenated alkanes) is 8. The van der Waals surface area contributed by atoms with Gasteiger partial charge in [0.2, 0.25) is 5.91 Å². The molecule has 7 atom stereocenters. The van der Waals surface area contributed by atoms with E-state index < -0.39 is 49.5 Å². The van der Waals surface area contributed by atoms with Crippen molar-refractivity contribution in [3.8, 4) is 0 Å². The van der Waals surface area contributed by atoms with Crippen molar-refractivity contribution < 1.29 is 39.8 Å². The molecule has 0 aromatic heterocycles. The van der Waals surface area contributed by atoms with Gasteiger partial charge in [0.05, 0.1) is 25.4 Å². The van der Waals surface area contributed by atoms with Crippen LogP contribution in [0.3, 0.4) is 0 Å². The Bertz CT molecular complexity index is 1550. The van der Waals surface area contributed by atoms with Gasteiger partial charge < -0.3 is 40.3 Å². The minimum absolute atomic E-state index is 0.220. The molecule has 9 heteroatoms. The number of ether oxygens (including phenoxy) is 2. The van der Waals surface area contributed by atoms with E-state index in [0.717, 1.165) is 128 Å². The molecule has 1 saturated heterocycles. The highest BCUT2D eigenvalue weighted by Crippen LogP contribution is 2.22. The van der Waals surface area contributed by atoms with Crippen LogP contribution in [0.25, 0.3) is 0 Å². The van der Waals surface area contributed by atoms with Gasteiger partial charge in [0.15, 0.2) is 6.29 Å². The maximum absolute atomic E-state index is 13.0. The lowest BCUT2D eigenvalue weighted by atomic mass is 9.99. The van der Waals surface area contributed by atoms with Gasteiger partial charge in [-0.3, -0.25) is 4.79 Å². The number of allylic oxidation sites excluding steroid dienone is 23. The van der Waals surface area contributed by atoms with Crippen molar-refractivity contribution in [3.05, 3.63) is 146 Å². The average molecular weight is 930 g/mol. The third kappa shape index (κ3) is 35.8. The molecule has 0 aromatic rings. The van der Waals surface area contributed by atoms with Crippen LogP contribution in [0.4, 0.5) is 0 Å². The highest BCUT2D eigenvalue weighted by Gasteiger charge is 2.44. The SMILES string of the molecule is CC/C=C\C/C=C\C/C=C\C/C=C\C/C=C\C/C=C\C/C=C\C/C=C\C/C=C\CCCCCCCC(=O)NC(COC1OC(CO)C(O)C(O)C1O)C(O)/C=C/CC/C=C/CC/C=C/CCC. The number of carbonyl (C=O) groups is 1. The van der Waals surface area contributed by atoms with Gasteiger partial charge in [-0.25, -0.2) is 0 Å². The molecule has 1 rings (SSSR count). The first-order chi connectivity index (χ1) is 32.8. The van der Waals surface area contributed by atoms with E-state index in [4.69, 9.17) is 9.47 Å². The van der Waals surface area contributed by atoms with Crippen LogP contribution in [0.15, 0.2) is 146 Å². The van der Waals surface area contributed by atoms with Crippen molar-refractivity contribution in [2.24, 2.45) is 0 Å². The Morgan fingerprint density at radius 2 is 0.940 bits per heavy atom. The van der Waals surface area contributed by atoms with Gasteiger partial charge in [0, 0.05) is 6.42 Å². The van der Waals surface area contributed by atoms with E-state index in [9.17, 15) is 30.3 Å². The summed E-state index contributed by atoms with van der Waals surface area (Å²) in [5.74, 6) is -0.220. The topological polar surface area (TPSA) is 149 Å². The third-order valence-corrected chi connectivity index (χ3v) is 10.9. The van der Waals surface area contributed by atoms with Crippen LogP contribution >= 0.6 is 0 Å². The third-order valence-electron chi connectivity index (χ3n) is 10.9. The molecule has 7 unspecified atom stereocenters. The zero-order valence-electron chi connectivity index (χ0n) is 41.3. The van der Waals surface area contributed by atoms with Gasteiger partial charge in [-0.15, -0.1) is 0 Å². The Balaban J connectivity index is 2.26. The van der Waals surface area contributed by atoms with Crippen molar-refractivity contribution in [1.29, 1.82) is 0 Å². The van der Waals surface area contributed by atoms with E-state index in [0.29, 0.717) is 12.8 Å². The van der Waals surface area contributed by atoms with Crippen LogP contribution < -0.4 is 5.32 Å². The van der Waals surface area contributed by atoms with Crippen molar-refractivity contribution in [3.63, 3.8) is 0 Å². The van der Waals surface area contributed by atoms with Crippen molar-refractivity contribution in [2.45, 2.75) is 198 Å². The molecule has 9 nitrogen and oxygen atoms in total. The molecule has 6 N–H and O–H groups in total. The summed E-state index contributed by atoms with van der Waals surface area (Å²) in [5.41, 5.74) is 0. The zero-order valence-corrected chi connectivity index (χ0v) is 41.3. The quantitative estimate of drug-likeness (QED) is 0.0263. The van der Waals surface area contributed by atoms with Crippen LogP contribution in [0.1, 0.15) is 155 Å². The van der Waals surface area contributed by atoms with Crippen LogP contribution in [0.5, 0.6) is 0 Å². The summed E-state index contributed by atoms with van der Waals surface area (Å²) in [6, 6.07) is -0.848. The fourth-order valence-electron chi connectivity index (χ4n) is 6.83. The molecule has 0 aromatic carbocycles. The van der Waals surface area contributed by atoms with Gasteiger partial charge in [-0.1, -0.05) is 185 Å². The second kappa shape index (κ2) is 45.8. The number of hydrogen-bond acceptors (Lipinski definition) is 8. The largest absolute Gasteiger partial charge is 0.394 e. The molecular weight excluding hydrogens is 839 g/mol. The van der Waals surface area contributed by atoms with Crippen molar-refractivity contribution in [2.75, 3.05) is 13.2 Å². The van der Waals surface area contributed by atoms with Crippen LogP contribution in [0.2, 0.25) is 0 Å². The van der Waals surface area contributed by atoms with E-state index in [-0.39, 0.29) is 12.5 Å². The Morgan fingerprint density at radius 3 is 1.42 bits per heavy atom. The van der Waals surface area contributed by atoms with Gasteiger partial charge in [0.25, 0.3) is 0 Å². The fourth-order valence-corrected chi connectivity index (χ4v) is 6.83. The average Bonchev–Trinajstić information content (AvgIpc) is 3.33. The zero-order chi connectivity index (χ0) is 48.7. The van der Waals surface area contributed by atoms with E-state index >= 15 is 0 Å². The molecule has 1 amide bonds. The van der Waals surface area contributed by atoms with Crippen LogP contribution in [-0.2, 0) is 14.3 Å². The summed E-state index contributed by atoms with van der Waals surface area (Å²) in [4.78, 5) is 13.0. The fraction of sp³-hybridized carbons (Fsp3) is 0.569. The first-order valence-corrected chi connectivity index (χ1v) is 25.6. The molecule has 0 radical (unpaired) electrons. The van der Waals surface area contributed by atoms with Gasteiger partial charge in [-0.2, -0.15) is 0 Å². The molecular formula is C58H91NO8. The van der Waals surface area contributed by atoms with Gasteiger partial charge in [-0.05, 0) is 109 Å². The molecule has 376 valence electrons. The Morgan fingerprint density at radius 1 is 0.522 bits per heavy atom. The number of amides is 1. The van der Waals surface area contributed by atoms with E-state index in [2.05, 4.69) is 153 Å². The Kier molecular flexibility index (Phi) is 41.8. The summed E-state index contributed by atoms with van der Waals surface area (Å²) < 4.78 is 11.2. The minimum atomic E-state index is -1.59. The highest BCUT2D eigenvalue weighted by molar-refractivity contribution is 5.76. The molecule has 0 spiro atoms. The minimum Gasteiger partial charge on any atom is -0.394 e. The summed E-state index contributed by atoms with van der Waals surface area (Å²) in [6.07, 6.45) is 64.8. The number of rotatable bonds is 40. The summed E-state index contributed by atoms with van der Waals surface area (Å²) in [7, 11) is 0. The number of hydrogen-bond donors (Lipinski definition) is 6. The molecule has 0 saturated carbocycles. The summed E-state index contributed by atoms with van der Waals surface area (Å²) in [5, 5.41) is 54.1. The Labute approximate surface area is 406 Å². The number of aliphatic hydroxyl groups is 5. The monoisotopic (exact) mass is 930 g/mol. The molecule has 0 bridgehead atoms. The maximum Gasteiger partial charge on any atom is 0.220 e. The maximum atomic E-state index is 13.0. The first kappa shape index (κ1) is 61.1. The standard InChI is InChI=1S/C58H91NO8/c1-3-5-7-9-11-13-15-16-17-18-19-20-21-22-23-24-25-26-27-28-29-30-31-32-33-34-35-36-38-40-42-44-46-48-54(62)59-51(50-66-58-57(65)56(64)55(63)53(49-60)67-58)52(61)47-45-43-41-39-37-14-12-10-8-6-4-2/h5,7-8,10-11,13,16-17,19-20,22-23,25-26,28-29,31-32,34-35,37,39,45,47,51-53,55-58,60-61,63-65H,3-4,6,9,12,14-15,18,21,24,27,30,33,36,38,40-44,46,48-50H2,1-2H3,(H,59,62)/b7-5-,10-8+,13-11-,17-16-,20-19-,23-22-,26-25-,29-28-,32-31-,35-34-,39-37+,47-45+. The lowest BCUT2D eigenvalue weighted by Gasteiger charge is -2.40. The number of carbonyl (C=O) groups excluding carboxylic acids is 1. The summed E-state index contributed by atoms with van der Waals surface area (Å²) in [6.45, 7) is 3.51. The van der Waals surface area contributed by atoms with Crippen LogP contribution in [-0.4, -0.2) is 87.5 Å². The highest BCUT2D eigenvalue weighted by atomic mass is 16.7. The molecule has 67 heavy (non-hydrogen) atoms. The normalized spacial score (nSPS) is 21.0. The molecule has 1 aliphatic rings. The lowest BCUT2D eigenvalue weighted by Crippen LogP contribution is -2.60. The predicted octanol–water partition coefficient (Wildman–Crippen LogP) is 11.9. The Hall–Kier alpha value is -3.93. The lowest BCUT2D eigenvalue weighted by molar-refractivity contribution is -0.302. The second-order valence-electron chi connectivity index (χ2n) is 16.9. The summed E-state index contributed by atoms with van der Waals surface area (Å²) >= 11 is 0. The number of nitrogens with one attached hydrogen (secondary N) is 1. The molecule has 1 heterocycles. The molecule has 1 fully saturated rings. The number of aliphatic hydroxyl groups excluding tert-OH is 5. The smallest absolute Gasteiger partial charge is 0.220 e. The molecule has 1 aliphatic heterocycles.